The van der Waals surface area contributed by atoms with Crippen molar-refractivity contribution in [3.8, 4) is 11.1 Å². The van der Waals surface area contributed by atoms with Crippen LogP contribution in [0.25, 0.3) is 11.1 Å². The Hall–Kier alpha value is -1.64. The summed E-state index contributed by atoms with van der Waals surface area (Å²) >= 11 is 0. The summed E-state index contributed by atoms with van der Waals surface area (Å²) in [5, 5.41) is 3.60. The van der Waals surface area contributed by atoms with Crippen molar-refractivity contribution in [3.63, 3.8) is 0 Å². The molecule has 23 heavy (non-hydrogen) atoms. The average Bonchev–Trinajstić information content (AvgIpc) is 2.84. The highest BCUT2D eigenvalue weighted by atomic mass is 16.5. The van der Waals surface area contributed by atoms with Crippen LogP contribution in [-0.2, 0) is 10.2 Å². The molecular weight excluding hydrogens is 282 g/mol. The number of hydrogen-bond acceptors (Lipinski definition) is 2. The second-order valence-electron chi connectivity index (χ2n) is 6.49. The van der Waals surface area contributed by atoms with E-state index >= 15 is 0 Å². The molecule has 0 radical (unpaired) electrons. The number of likely N-dealkylation sites (N-methyl/N-ethyl adjacent to an activating group) is 1. The molecule has 0 saturated carbocycles. The Balaban J connectivity index is 2.28. The summed E-state index contributed by atoms with van der Waals surface area (Å²) in [5.74, 6) is 0. The van der Waals surface area contributed by atoms with Crippen molar-refractivity contribution in [1.82, 2.24) is 5.32 Å². The van der Waals surface area contributed by atoms with Crippen LogP contribution in [0.5, 0.6) is 0 Å². The van der Waals surface area contributed by atoms with Gasteiger partial charge in [0.1, 0.15) is 0 Å². The van der Waals surface area contributed by atoms with Gasteiger partial charge in [-0.25, -0.2) is 0 Å². The van der Waals surface area contributed by atoms with Crippen molar-refractivity contribution < 1.29 is 4.74 Å². The number of hydrogen-bond donors (Lipinski definition) is 1. The SMILES string of the molecule is CCNCC1(COCC)c2c(C)cccc2-c2cccc(C)c21. The first kappa shape index (κ1) is 16.2. The predicted octanol–water partition coefficient (Wildman–Crippen LogP) is 4.22. The number of ether oxygens (including phenoxy) is 1. The maximum atomic E-state index is 6.00. The first-order valence-electron chi connectivity index (χ1n) is 8.64. The molecular formula is C21H27NO. The van der Waals surface area contributed by atoms with Gasteiger partial charge in [-0.05, 0) is 60.7 Å². The molecule has 0 bridgehead atoms. The van der Waals surface area contributed by atoms with Crippen LogP contribution in [-0.4, -0.2) is 26.3 Å². The van der Waals surface area contributed by atoms with Crippen molar-refractivity contribution in [1.29, 1.82) is 0 Å². The van der Waals surface area contributed by atoms with Crippen LogP contribution in [0.2, 0.25) is 0 Å². The van der Waals surface area contributed by atoms with Crippen molar-refractivity contribution >= 4 is 0 Å². The molecule has 0 aliphatic heterocycles. The first-order chi connectivity index (χ1) is 11.2. The van der Waals surface area contributed by atoms with Crippen molar-refractivity contribution in [3.05, 3.63) is 58.7 Å². The molecule has 0 saturated heterocycles. The molecule has 2 heteroatoms. The summed E-state index contributed by atoms with van der Waals surface area (Å²) in [6, 6.07) is 13.3. The molecule has 0 fully saturated rings. The Morgan fingerprint density at radius 2 is 1.48 bits per heavy atom. The van der Waals surface area contributed by atoms with Gasteiger partial charge in [0, 0.05) is 13.2 Å². The standard InChI is InChI=1S/C21H27NO/c1-5-22-13-21(14-23-6-2)19-15(3)9-7-11-17(19)18-12-8-10-16(4)20(18)21/h7-12,22H,5-6,13-14H2,1-4H3. The Bertz CT molecular complexity index is 643. The van der Waals surface area contributed by atoms with Crippen molar-refractivity contribution in [2.24, 2.45) is 0 Å². The summed E-state index contributed by atoms with van der Waals surface area (Å²) in [6.45, 7) is 12.1. The van der Waals surface area contributed by atoms with Crippen LogP contribution >= 0.6 is 0 Å². The zero-order chi connectivity index (χ0) is 16.4. The topological polar surface area (TPSA) is 21.3 Å². The lowest BCUT2D eigenvalue weighted by Crippen LogP contribution is -2.42. The van der Waals surface area contributed by atoms with Crippen LogP contribution in [0.15, 0.2) is 36.4 Å². The van der Waals surface area contributed by atoms with Crippen molar-refractivity contribution in [2.45, 2.75) is 33.1 Å². The molecule has 1 N–H and O–H groups in total. The maximum Gasteiger partial charge on any atom is 0.0616 e. The van der Waals surface area contributed by atoms with Gasteiger partial charge in [0.25, 0.3) is 0 Å². The number of fused-ring (bicyclic) bond motifs is 3. The highest BCUT2D eigenvalue weighted by Crippen LogP contribution is 2.51. The second-order valence-corrected chi connectivity index (χ2v) is 6.49. The fraction of sp³-hybridized carbons (Fsp3) is 0.429. The molecule has 1 aliphatic carbocycles. The monoisotopic (exact) mass is 309 g/mol. The molecule has 0 spiro atoms. The van der Waals surface area contributed by atoms with Crippen LogP contribution in [0.1, 0.15) is 36.1 Å². The largest absolute Gasteiger partial charge is 0.380 e. The second kappa shape index (κ2) is 6.46. The van der Waals surface area contributed by atoms with E-state index in [1.807, 2.05) is 0 Å². The van der Waals surface area contributed by atoms with Gasteiger partial charge in [-0.3, -0.25) is 0 Å². The predicted molar refractivity (Wildman–Crippen MR) is 97.2 cm³/mol. The minimum absolute atomic E-state index is 0.0899. The fourth-order valence-electron chi connectivity index (χ4n) is 4.17. The summed E-state index contributed by atoms with van der Waals surface area (Å²) in [6.07, 6.45) is 0. The number of benzene rings is 2. The van der Waals surface area contributed by atoms with Crippen LogP contribution in [0, 0.1) is 13.8 Å². The number of rotatable bonds is 6. The van der Waals surface area contributed by atoms with Crippen LogP contribution in [0.3, 0.4) is 0 Å². The van der Waals surface area contributed by atoms with Gasteiger partial charge in [-0.2, -0.15) is 0 Å². The smallest absolute Gasteiger partial charge is 0.0616 e. The van der Waals surface area contributed by atoms with Gasteiger partial charge in [0.05, 0.1) is 12.0 Å². The van der Waals surface area contributed by atoms with E-state index in [9.17, 15) is 0 Å². The molecule has 2 aromatic carbocycles. The Morgan fingerprint density at radius 1 is 0.913 bits per heavy atom. The van der Waals surface area contributed by atoms with E-state index in [0.29, 0.717) is 0 Å². The van der Waals surface area contributed by atoms with E-state index in [0.717, 1.165) is 26.3 Å². The lowest BCUT2D eigenvalue weighted by Gasteiger charge is -2.34. The highest BCUT2D eigenvalue weighted by Gasteiger charge is 2.45. The molecule has 2 nitrogen and oxygen atoms in total. The van der Waals surface area contributed by atoms with Crippen LogP contribution < -0.4 is 5.32 Å². The Kier molecular flexibility index (Phi) is 4.56. The van der Waals surface area contributed by atoms with E-state index in [1.165, 1.54) is 33.4 Å². The number of aryl methyl sites for hydroxylation is 2. The van der Waals surface area contributed by atoms with Gasteiger partial charge in [0.2, 0.25) is 0 Å². The van der Waals surface area contributed by atoms with E-state index < -0.39 is 0 Å². The van der Waals surface area contributed by atoms with Gasteiger partial charge in [0.15, 0.2) is 0 Å². The van der Waals surface area contributed by atoms with E-state index in [1.54, 1.807) is 0 Å². The minimum atomic E-state index is -0.0899. The van der Waals surface area contributed by atoms with Gasteiger partial charge in [-0.1, -0.05) is 43.3 Å². The fourth-order valence-corrected chi connectivity index (χ4v) is 4.17. The zero-order valence-corrected chi connectivity index (χ0v) is 14.7. The molecule has 0 heterocycles. The van der Waals surface area contributed by atoms with E-state index in [-0.39, 0.29) is 5.41 Å². The quantitative estimate of drug-likeness (QED) is 0.863. The lowest BCUT2D eigenvalue weighted by molar-refractivity contribution is 0.107. The molecule has 2 aromatic rings. The summed E-state index contributed by atoms with van der Waals surface area (Å²) in [7, 11) is 0. The summed E-state index contributed by atoms with van der Waals surface area (Å²) < 4.78 is 6.00. The molecule has 3 rings (SSSR count). The zero-order valence-electron chi connectivity index (χ0n) is 14.7. The third kappa shape index (κ3) is 2.50. The molecule has 0 amide bonds. The highest BCUT2D eigenvalue weighted by molar-refractivity contribution is 5.83. The maximum absolute atomic E-state index is 6.00. The van der Waals surface area contributed by atoms with Crippen LogP contribution in [0.4, 0.5) is 0 Å². The number of nitrogens with one attached hydrogen (secondary N) is 1. The average molecular weight is 309 g/mol. The molecule has 0 unspecified atom stereocenters. The van der Waals surface area contributed by atoms with Gasteiger partial charge in [-0.15, -0.1) is 0 Å². The minimum Gasteiger partial charge on any atom is -0.380 e. The molecule has 122 valence electrons. The third-order valence-electron chi connectivity index (χ3n) is 5.02. The molecule has 1 aliphatic rings. The normalized spacial score (nSPS) is 14.6. The van der Waals surface area contributed by atoms with Crippen molar-refractivity contribution in [2.75, 3.05) is 26.3 Å². The van der Waals surface area contributed by atoms with Gasteiger partial charge < -0.3 is 10.1 Å². The summed E-state index contributed by atoms with van der Waals surface area (Å²) in [4.78, 5) is 0. The first-order valence-corrected chi connectivity index (χ1v) is 8.64. The van der Waals surface area contributed by atoms with Gasteiger partial charge >= 0.3 is 0 Å². The Labute approximate surface area is 139 Å². The Morgan fingerprint density at radius 3 is 1.96 bits per heavy atom. The van der Waals surface area contributed by atoms with E-state index in [4.69, 9.17) is 4.74 Å². The molecule has 0 aromatic heterocycles. The summed E-state index contributed by atoms with van der Waals surface area (Å²) in [5.41, 5.74) is 8.26. The third-order valence-corrected chi connectivity index (χ3v) is 5.02. The lowest BCUT2D eigenvalue weighted by atomic mass is 9.75. The van der Waals surface area contributed by atoms with E-state index in [2.05, 4.69) is 69.4 Å². The molecule has 0 atom stereocenters.